The lowest BCUT2D eigenvalue weighted by Crippen LogP contribution is -2.29. The van der Waals surface area contributed by atoms with E-state index < -0.39 is 0 Å². The maximum absolute atomic E-state index is 12.3. The Kier molecular flexibility index (Phi) is 4.36. The second-order valence-corrected chi connectivity index (χ2v) is 7.52. The Morgan fingerprint density at radius 2 is 1.85 bits per heavy atom. The van der Waals surface area contributed by atoms with Gasteiger partial charge in [-0.15, -0.1) is 11.3 Å². The number of carbonyl (C=O) groups excluding carboxylic acids is 1. The quantitative estimate of drug-likeness (QED) is 0.563. The number of aromatic hydroxyl groups is 1. The monoisotopic (exact) mass is 378 g/mol. The van der Waals surface area contributed by atoms with Crippen LogP contribution in [0, 0.1) is 3.95 Å². The molecule has 0 radical (unpaired) electrons. The van der Waals surface area contributed by atoms with Crippen LogP contribution in [0.15, 0.2) is 65.2 Å². The average Bonchev–Trinajstić information content (AvgIpc) is 2.91. The van der Waals surface area contributed by atoms with E-state index >= 15 is 0 Å². The number of aromatic nitrogens is 1. The molecule has 0 saturated carbocycles. The van der Waals surface area contributed by atoms with Crippen LogP contribution in [0.25, 0.3) is 12.2 Å². The van der Waals surface area contributed by atoms with Crippen LogP contribution in [0.3, 0.4) is 0 Å². The van der Waals surface area contributed by atoms with E-state index in [1.54, 1.807) is 22.8 Å². The summed E-state index contributed by atoms with van der Waals surface area (Å²) in [5.41, 5.74) is 1.47. The number of rotatable bonds is 3. The third-order valence-corrected chi connectivity index (χ3v) is 5.47. The molecular weight excluding hydrogens is 364 g/mol. The van der Waals surface area contributed by atoms with E-state index in [4.69, 9.17) is 12.2 Å². The van der Waals surface area contributed by atoms with Crippen molar-refractivity contribution in [2.75, 3.05) is 0 Å². The Hall–Kier alpha value is -2.83. The van der Waals surface area contributed by atoms with Crippen molar-refractivity contribution in [2.24, 2.45) is 4.99 Å². The largest absolute Gasteiger partial charge is 0.493 e. The molecule has 2 aromatic carbocycles. The van der Waals surface area contributed by atoms with Crippen LogP contribution in [0.5, 0.6) is 5.88 Å². The molecule has 1 aromatic heterocycles. The highest BCUT2D eigenvalue weighted by Gasteiger charge is 2.15. The van der Waals surface area contributed by atoms with Crippen molar-refractivity contribution >= 4 is 41.6 Å². The SMILES string of the molecule is O=C1N=c2ccccc2=C/C1=C/c1sc(=S)n(Cc2ccccc2)c1O. The molecule has 4 rings (SSSR count). The zero-order valence-electron chi connectivity index (χ0n) is 13.6. The molecule has 0 bridgehead atoms. The van der Waals surface area contributed by atoms with Gasteiger partial charge in [-0.2, -0.15) is 0 Å². The highest BCUT2D eigenvalue weighted by Crippen LogP contribution is 2.29. The first-order valence-corrected chi connectivity index (χ1v) is 9.22. The predicted octanol–water partition coefficient (Wildman–Crippen LogP) is 3.06. The number of benzene rings is 2. The van der Waals surface area contributed by atoms with Gasteiger partial charge in [-0.3, -0.25) is 9.36 Å². The lowest BCUT2D eigenvalue weighted by molar-refractivity contribution is -0.114. The van der Waals surface area contributed by atoms with E-state index in [2.05, 4.69) is 4.99 Å². The van der Waals surface area contributed by atoms with Crippen molar-refractivity contribution in [3.8, 4) is 5.88 Å². The summed E-state index contributed by atoms with van der Waals surface area (Å²) >= 11 is 6.67. The van der Waals surface area contributed by atoms with Gasteiger partial charge in [0.1, 0.15) is 0 Å². The Balaban J connectivity index is 1.75. The van der Waals surface area contributed by atoms with Gasteiger partial charge in [0.25, 0.3) is 5.91 Å². The molecule has 6 heteroatoms. The molecule has 0 aliphatic carbocycles. The first kappa shape index (κ1) is 16.6. The van der Waals surface area contributed by atoms with Gasteiger partial charge in [0, 0.05) is 10.8 Å². The summed E-state index contributed by atoms with van der Waals surface area (Å²) in [5.74, 6) is -0.256. The number of hydrogen-bond acceptors (Lipinski definition) is 4. The zero-order chi connectivity index (χ0) is 18.1. The lowest BCUT2D eigenvalue weighted by Gasteiger charge is -2.05. The molecule has 1 aliphatic heterocycles. The first-order chi connectivity index (χ1) is 12.6. The minimum Gasteiger partial charge on any atom is -0.493 e. The van der Waals surface area contributed by atoms with Gasteiger partial charge in [-0.1, -0.05) is 48.5 Å². The summed E-state index contributed by atoms with van der Waals surface area (Å²) in [7, 11) is 0. The van der Waals surface area contributed by atoms with E-state index in [1.807, 2.05) is 48.5 Å². The van der Waals surface area contributed by atoms with E-state index in [-0.39, 0.29) is 11.8 Å². The minimum atomic E-state index is -0.322. The molecule has 26 heavy (non-hydrogen) atoms. The molecule has 128 valence electrons. The Morgan fingerprint density at radius 3 is 2.65 bits per heavy atom. The number of thiazole rings is 1. The fourth-order valence-corrected chi connectivity index (χ4v) is 4.03. The minimum absolute atomic E-state index is 0.0661. The van der Waals surface area contributed by atoms with Crippen LogP contribution in [0.4, 0.5) is 0 Å². The van der Waals surface area contributed by atoms with Gasteiger partial charge in [0.05, 0.1) is 16.8 Å². The van der Waals surface area contributed by atoms with Gasteiger partial charge < -0.3 is 5.11 Å². The fourth-order valence-electron chi connectivity index (χ4n) is 2.77. The molecule has 1 N–H and O–H groups in total. The third-order valence-electron chi connectivity index (χ3n) is 4.08. The van der Waals surface area contributed by atoms with Gasteiger partial charge in [0.2, 0.25) is 5.88 Å². The molecule has 2 heterocycles. The molecule has 0 atom stereocenters. The van der Waals surface area contributed by atoms with E-state index in [0.29, 0.717) is 26.3 Å². The second kappa shape index (κ2) is 6.82. The van der Waals surface area contributed by atoms with Crippen LogP contribution < -0.4 is 10.6 Å². The number of amides is 1. The van der Waals surface area contributed by atoms with Crippen molar-refractivity contribution in [1.82, 2.24) is 4.57 Å². The standard InChI is InChI=1S/C20H14N2O2S2/c23-18-15(10-14-8-4-5-9-16(14)21-18)11-17-19(24)22(20(25)26-17)12-13-6-2-1-3-7-13/h1-11,24H,12H2/b15-11-. The van der Waals surface area contributed by atoms with Gasteiger partial charge >= 0.3 is 0 Å². The van der Waals surface area contributed by atoms with E-state index in [9.17, 15) is 9.90 Å². The number of carbonyl (C=O) groups is 1. The van der Waals surface area contributed by atoms with Crippen molar-refractivity contribution < 1.29 is 9.90 Å². The molecule has 1 amide bonds. The second-order valence-electron chi connectivity index (χ2n) is 5.85. The molecule has 0 fully saturated rings. The van der Waals surface area contributed by atoms with Gasteiger partial charge in [0.15, 0.2) is 3.95 Å². The van der Waals surface area contributed by atoms with Gasteiger partial charge in [-0.25, -0.2) is 4.99 Å². The van der Waals surface area contributed by atoms with Crippen LogP contribution in [0.2, 0.25) is 0 Å². The molecule has 4 nitrogen and oxygen atoms in total. The maximum Gasteiger partial charge on any atom is 0.277 e. The molecule has 0 saturated heterocycles. The molecule has 1 aliphatic rings. The molecule has 0 unspecified atom stereocenters. The topological polar surface area (TPSA) is 54.6 Å². The van der Waals surface area contributed by atoms with Gasteiger partial charge in [-0.05, 0) is 36.0 Å². The Labute approximate surface area is 158 Å². The van der Waals surface area contributed by atoms with E-state index in [1.165, 1.54) is 11.3 Å². The van der Waals surface area contributed by atoms with Crippen LogP contribution in [-0.4, -0.2) is 15.6 Å². The summed E-state index contributed by atoms with van der Waals surface area (Å²) in [5, 5.41) is 12.1. The molecule has 3 aromatic rings. The molecular formula is C20H14N2O2S2. The average molecular weight is 378 g/mol. The van der Waals surface area contributed by atoms with Crippen LogP contribution >= 0.6 is 23.6 Å². The predicted molar refractivity (Wildman–Crippen MR) is 105 cm³/mol. The summed E-state index contributed by atoms with van der Waals surface area (Å²) < 4.78 is 2.22. The fraction of sp³-hybridized carbons (Fsp3) is 0.0500. The smallest absolute Gasteiger partial charge is 0.277 e. The Bertz CT molecular complexity index is 1200. The summed E-state index contributed by atoms with van der Waals surface area (Å²) in [6.45, 7) is 0.482. The maximum atomic E-state index is 12.3. The summed E-state index contributed by atoms with van der Waals surface area (Å²) in [6, 6.07) is 17.2. The summed E-state index contributed by atoms with van der Waals surface area (Å²) in [4.78, 5) is 16.9. The number of nitrogens with zero attached hydrogens (tertiary/aromatic N) is 2. The van der Waals surface area contributed by atoms with Crippen molar-refractivity contribution in [1.29, 1.82) is 0 Å². The zero-order valence-corrected chi connectivity index (χ0v) is 15.3. The van der Waals surface area contributed by atoms with Crippen molar-refractivity contribution in [3.63, 3.8) is 0 Å². The van der Waals surface area contributed by atoms with E-state index in [0.717, 1.165) is 10.8 Å². The van der Waals surface area contributed by atoms with Crippen molar-refractivity contribution in [2.45, 2.75) is 6.54 Å². The van der Waals surface area contributed by atoms with Crippen LogP contribution in [-0.2, 0) is 11.3 Å². The lowest BCUT2D eigenvalue weighted by atomic mass is 10.1. The normalized spacial score (nSPS) is 14.6. The Morgan fingerprint density at radius 1 is 1.12 bits per heavy atom. The third kappa shape index (κ3) is 3.16. The highest BCUT2D eigenvalue weighted by atomic mass is 32.1. The number of fused-ring (bicyclic) bond motifs is 1. The van der Waals surface area contributed by atoms with Crippen LogP contribution in [0.1, 0.15) is 10.4 Å². The van der Waals surface area contributed by atoms with Crippen molar-refractivity contribution in [3.05, 3.63) is 85.1 Å². The first-order valence-electron chi connectivity index (χ1n) is 8.00. The summed E-state index contributed by atoms with van der Waals surface area (Å²) in [6.07, 6.45) is 3.44. The number of hydrogen-bond donors (Lipinski definition) is 1. The number of para-hydroxylation sites is 1. The molecule has 0 spiro atoms. The highest BCUT2D eigenvalue weighted by molar-refractivity contribution is 7.73.